The van der Waals surface area contributed by atoms with Crippen LogP contribution in [0.1, 0.15) is 45.2 Å². The van der Waals surface area contributed by atoms with E-state index in [0.717, 1.165) is 11.4 Å². The minimum Gasteiger partial charge on any atom is -0.365 e. The van der Waals surface area contributed by atoms with Crippen LogP contribution in [-0.2, 0) is 4.74 Å². The van der Waals surface area contributed by atoms with E-state index in [4.69, 9.17) is 16.3 Å². The quantitative estimate of drug-likeness (QED) is 0.592. The van der Waals surface area contributed by atoms with Gasteiger partial charge in [0.2, 0.25) is 0 Å². The number of hydrogen-bond acceptors (Lipinski definition) is 1. The van der Waals surface area contributed by atoms with Crippen molar-refractivity contribution in [3.63, 3.8) is 0 Å². The van der Waals surface area contributed by atoms with Gasteiger partial charge in [0, 0.05) is 11.4 Å². The highest BCUT2D eigenvalue weighted by molar-refractivity contribution is 6.30. The molecule has 24 heavy (non-hydrogen) atoms. The Bertz CT molecular complexity index is 782. The van der Waals surface area contributed by atoms with Crippen LogP contribution in [0.2, 0.25) is 5.02 Å². The SMILES string of the molecule is Cc1ccc(-c2ccc(Cl)cc2)cc1C1=CC(C)(C)OC(C)(C)C1. The molecule has 1 aliphatic heterocycles. The van der Waals surface area contributed by atoms with E-state index in [2.05, 4.69) is 71.0 Å². The average Bonchev–Trinajstić information content (AvgIpc) is 2.45. The third-order valence-electron chi connectivity index (χ3n) is 4.44. The zero-order chi connectivity index (χ0) is 17.5. The third kappa shape index (κ3) is 3.74. The largest absolute Gasteiger partial charge is 0.365 e. The highest BCUT2D eigenvalue weighted by atomic mass is 35.5. The van der Waals surface area contributed by atoms with Gasteiger partial charge in [-0.2, -0.15) is 0 Å². The molecule has 3 rings (SSSR count). The minimum atomic E-state index is -0.250. The zero-order valence-corrected chi connectivity index (χ0v) is 15.9. The summed E-state index contributed by atoms with van der Waals surface area (Å²) >= 11 is 6.02. The molecule has 2 aromatic carbocycles. The molecule has 0 aliphatic carbocycles. The summed E-state index contributed by atoms with van der Waals surface area (Å²) < 4.78 is 6.19. The second kappa shape index (κ2) is 6.06. The predicted octanol–water partition coefficient (Wildman–Crippen LogP) is 6.68. The number of halogens is 1. The highest BCUT2D eigenvalue weighted by Crippen LogP contribution is 2.40. The molecule has 2 heteroatoms. The normalized spacial score (nSPS) is 19.0. The Morgan fingerprint density at radius 3 is 2.17 bits per heavy atom. The first-order chi connectivity index (χ1) is 11.2. The average molecular weight is 341 g/mol. The standard InChI is InChI=1S/C22H25ClO/c1-15-6-7-17(16-8-10-19(23)11-9-16)12-20(15)18-13-21(2,3)24-22(4,5)14-18/h6-13H,14H2,1-5H3. The van der Waals surface area contributed by atoms with Gasteiger partial charge >= 0.3 is 0 Å². The monoisotopic (exact) mass is 340 g/mol. The van der Waals surface area contributed by atoms with E-state index in [1.54, 1.807) is 0 Å². The van der Waals surface area contributed by atoms with Gasteiger partial charge < -0.3 is 4.74 Å². The maximum atomic E-state index is 6.19. The lowest BCUT2D eigenvalue weighted by Crippen LogP contribution is -2.39. The van der Waals surface area contributed by atoms with Crippen molar-refractivity contribution < 1.29 is 4.74 Å². The molecule has 0 spiro atoms. The fraction of sp³-hybridized carbons (Fsp3) is 0.364. The molecule has 0 fully saturated rings. The zero-order valence-electron chi connectivity index (χ0n) is 15.1. The topological polar surface area (TPSA) is 9.23 Å². The molecular weight excluding hydrogens is 316 g/mol. The number of ether oxygens (including phenoxy) is 1. The maximum absolute atomic E-state index is 6.19. The van der Waals surface area contributed by atoms with E-state index >= 15 is 0 Å². The van der Waals surface area contributed by atoms with Crippen molar-refractivity contribution >= 4 is 17.2 Å². The molecule has 0 saturated heterocycles. The first-order valence-corrected chi connectivity index (χ1v) is 8.82. The van der Waals surface area contributed by atoms with E-state index in [0.29, 0.717) is 0 Å². The Hall–Kier alpha value is -1.57. The van der Waals surface area contributed by atoms with Gasteiger partial charge in [-0.25, -0.2) is 0 Å². The third-order valence-corrected chi connectivity index (χ3v) is 4.69. The van der Waals surface area contributed by atoms with E-state index in [1.165, 1.54) is 27.8 Å². The van der Waals surface area contributed by atoms with Crippen molar-refractivity contribution in [1.29, 1.82) is 0 Å². The van der Waals surface area contributed by atoms with Crippen molar-refractivity contribution in [3.05, 3.63) is 64.7 Å². The summed E-state index contributed by atoms with van der Waals surface area (Å²) in [7, 11) is 0. The predicted molar refractivity (Wildman–Crippen MR) is 103 cm³/mol. The van der Waals surface area contributed by atoms with Crippen molar-refractivity contribution in [3.8, 4) is 11.1 Å². The summed E-state index contributed by atoms with van der Waals surface area (Å²) in [5.74, 6) is 0. The lowest BCUT2D eigenvalue weighted by molar-refractivity contribution is -0.100. The van der Waals surface area contributed by atoms with E-state index in [9.17, 15) is 0 Å². The smallest absolute Gasteiger partial charge is 0.0819 e. The molecule has 0 N–H and O–H groups in total. The van der Waals surface area contributed by atoms with Gasteiger partial charge in [0.1, 0.15) is 0 Å². The van der Waals surface area contributed by atoms with E-state index in [-0.39, 0.29) is 11.2 Å². The molecular formula is C22H25ClO. The Kier molecular flexibility index (Phi) is 4.36. The summed E-state index contributed by atoms with van der Waals surface area (Å²) in [6.45, 7) is 10.8. The lowest BCUT2D eigenvalue weighted by Gasteiger charge is -2.40. The van der Waals surface area contributed by atoms with Crippen LogP contribution in [0.25, 0.3) is 16.7 Å². The first-order valence-electron chi connectivity index (χ1n) is 8.44. The van der Waals surface area contributed by atoms with Crippen LogP contribution in [-0.4, -0.2) is 11.2 Å². The van der Waals surface area contributed by atoms with E-state index in [1.807, 2.05) is 12.1 Å². The van der Waals surface area contributed by atoms with Crippen LogP contribution in [0.4, 0.5) is 0 Å². The molecule has 0 saturated carbocycles. The van der Waals surface area contributed by atoms with Gasteiger partial charge in [0.05, 0.1) is 11.2 Å². The number of hydrogen-bond donors (Lipinski definition) is 0. The molecule has 2 aromatic rings. The van der Waals surface area contributed by atoms with Gasteiger partial charge in [0.25, 0.3) is 0 Å². The van der Waals surface area contributed by atoms with Crippen LogP contribution < -0.4 is 0 Å². The Morgan fingerprint density at radius 2 is 1.54 bits per heavy atom. The summed E-state index contributed by atoms with van der Waals surface area (Å²) in [4.78, 5) is 0. The van der Waals surface area contributed by atoms with Crippen molar-refractivity contribution in [2.24, 2.45) is 0 Å². The van der Waals surface area contributed by atoms with Crippen LogP contribution >= 0.6 is 11.6 Å². The minimum absolute atomic E-state index is 0.156. The second-order valence-corrected chi connectivity index (χ2v) is 8.28. The lowest BCUT2D eigenvalue weighted by atomic mass is 9.83. The number of benzene rings is 2. The summed E-state index contributed by atoms with van der Waals surface area (Å²) in [5.41, 5.74) is 5.97. The molecule has 0 aromatic heterocycles. The van der Waals surface area contributed by atoms with Crippen LogP contribution in [0, 0.1) is 6.92 Å². The Labute approximate surface area is 150 Å². The molecule has 126 valence electrons. The second-order valence-electron chi connectivity index (χ2n) is 7.85. The molecule has 1 heterocycles. The van der Waals surface area contributed by atoms with Crippen LogP contribution in [0.3, 0.4) is 0 Å². The highest BCUT2D eigenvalue weighted by Gasteiger charge is 2.34. The van der Waals surface area contributed by atoms with Crippen molar-refractivity contribution in [1.82, 2.24) is 0 Å². The van der Waals surface area contributed by atoms with Crippen LogP contribution in [0.5, 0.6) is 0 Å². The summed E-state index contributed by atoms with van der Waals surface area (Å²) in [6.07, 6.45) is 3.19. The summed E-state index contributed by atoms with van der Waals surface area (Å²) in [6, 6.07) is 14.7. The molecule has 1 aliphatic rings. The first kappa shape index (κ1) is 17.3. The van der Waals surface area contributed by atoms with Gasteiger partial charge in [-0.1, -0.05) is 35.9 Å². The molecule has 0 radical (unpaired) electrons. The number of aryl methyl sites for hydroxylation is 1. The summed E-state index contributed by atoms with van der Waals surface area (Å²) in [5, 5.41) is 0.765. The Morgan fingerprint density at radius 1 is 0.917 bits per heavy atom. The molecule has 1 nitrogen and oxygen atoms in total. The molecule has 0 bridgehead atoms. The van der Waals surface area contributed by atoms with Gasteiger partial charge in [-0.05, 0) is 86.7 Å². The van der Waals surface area contributed by atoms with Crippen LogP contribution in [0.15, 0.2) is 48.5 Å². The van der Waals surface area contributed by atoms with Crippen molar-refractivity contribution in [2.75, 3.05) is 0 Å². The Balaban J connectivity index is 2.06. The maximum Gasteiger partial charge on any atom is 0.0819 e. The fourth-order valence-corrected chi connectivity index (χ4v) is 3.80. The van der Waals surface area contributed by atoms with E-state index < -0.39 is 0 Å². The van der Waals surface area contributed by atoms with Crippen molar-refractivity contribution in [2.45, 2.75) is 52.2 Å². The molecule has 0 unspecified atom stereocenters. The van der Waals surface area contributed by atoms with Gasteiger partial charge in [-0.3, -0.25) is 0 Å². The number of rotatable bonds is 2. The molecule has 0 atom stereocenters. The fourth-order valence-electron chi connectivity index (χ4n) is 3.67. The van der Waals surface area contributed by atoms with Gasteiger partial charge in [-0.15, -0.1) is 0 Å². The molecule has 0 amide bonds. The van der Waals surface area contributed by atoms with Gasteiger partial charge in [0.15, 0.2) is 0 Å².